The summed E-state index contributed by atoms with van der Waals surface area (Å²) in [5.41, 5.74) is 1.35. The Kier molecular flexibility index (Phi) is 4.88. The van der Waals surface area contributed by atoms with Crippen LogP contribution >= 0.6 is 0 Å². The lowest BCUT2D eigenvalue weighted by Crippen LogP contribution is -2.39. The van der Waals surface area contributed by atoms with E-state index in [2.05, 4.69) is 39.8 Å². The molecular weight excluding hydrogens is 262 g/mol. The van der Waals surface area contributed by atoms with E-state index in [1.165, 1.54) is 12.0 Å². The summed E-state index contributed by atoms with van der Waals surface area (Å²) in [6.45, 7) is 4.09. The van der Waals surface area contributed by atoms with Crippen LogP contribution < -0.4 is 10.6 Å². The smallest absolute Gasteiger partial charge is 0.221 e. The second-order valence-corrected chi connectivity index (χ2v) is 6.27. The van der Waals surface area contributed by atoms with Gasteiger partial charge in [-0.25, -0.2) is 0 Å². The van der Waals surface area contributed by atoms with Gasteiger partial charge in [0.05, 0.1) is 0 Å². The summed E-state index contributed by atoms with van der Waals surface area (Å²) in [5.74, 6) is 0.209. The standard InChI is InChI=1S/C17H25N3O/c21-17(11-15-7-4-9-18-15)19-16-8-10-20(13-16)12-14-5-2-1-3-6-14/h1-3,5-6,15-16,18H,4,7-13H2,(H,19,21). The number of rotatable bonds is 5. The minimum absolute atomic E-state index is 0.209. The third-order valence-electron chi connectivity index (χ3n) is 4.48. The Balaban J connectivity index is 1.41. The lowest BCUT2D eigenvalue weighted by Gasteiger charge is -2.17. The molecule has 2 aliphatic heterocycles. The largest absolute Gasteiger partial charge is 0.352 e. The zero-order chi connectivity index (χ0) is 14.5. The van der Waals surface area contributed by atoms with Gasteiger partial charge in [0.25, 0.3) is 0 Å². The Morgan fingerprint density at radius 3 is 2.90 bits per heavy atom. The molecule has 0 radical (unpaired) electrons. The Labute approximate surface area is 126 Å². The van der Waals surface area contributed by atoms with Crippen LogP contribution in [-0.4, -0.2) is 42.5 Å². The van der Waals surface area contributed by atoms with Crippen molar-refractivity contribution in [2.75, 3.05) is 19.6 Å². The molecule has 0 spiro atoms. The normalized spacial score (nSPS) is 26.1. The van der Waals surface area contributed by atoms with Crippen LogP contribution in [0.1, 0.15) is 31.2 Å². The van der Waals surface area contributed by atoms with E-state index in [9.17, 15) is 4.79 Å². The molecule has 2 aliphatic rings. The Hall–Kier alpha value is -1.39. The van der Waals surface area contributed by atoms with Crippen molar-refractivity contribution in [3.63, 3.8) is 0 Å². The Morgan fingerprint density at radius 2 is 2.14 bits per heavy atom. The molecule has 114 valence electrons. The third kappa shape index (κ3) is 4.29. The van der Waals surface area contributed by atoms with Gasteiger partial charge in [0.1, 0.15) is 0 Å². The summed E-state index contributed by atoms with van der Waals surface area (Å²) in [6.07, 6.45) is 4.04. The van der Waals surface area contributed by atoms with Crippen LogP contribution in [0.5, 0.6) is 0 Å². The summed E-state index contributed by atoms with van der Waals surface area (Å²) in [6, 6.07) is 11.3. The zero-order valence-electron chi connectivity index (χ0n) is 12.6. The van der Waals surface area contributed by atoms with E-state index < -0.39 is 0 Å². The van der Waals surface area contributed by atoms with Gasteiger partial charge < -0.3 is 10.6 Å². The molecule has 0 saturated carbocycles. The fourth-order valence-corrected chi connectivity index (χ4v) is 3.38. The van der Waals surface area contributed by atoms with Crippen molar-refractivity contribution in [2.45, 2.75) is 44.3 Å². The highest BCUT2D eigenvalue weighted by atomic mass is 16.1. The maximum atomic E-state index is 12.1. The highest BCUT2D eigenvalue weighted by Crippen LogP contribution is 2.14. The topological polar surface area (TPSA) is 44.4 Å². The molecule has 2 saturated heterocycles. The second-order valence-electron chi connectivity index (χ2n) is 6.27. The van der Waals surface area contributed by atoms with Crippen molar-refractivity contribution in [1.82, 2.24) is 15.5 Å². The molecule has 4 heteroatoms. The van der Waals surface area contributed by atoms with Crippen LogP contribution in [0.15, 0.2) is 30.3 Å². The van der Waals surface area contributed by atoms with E-state index in [1.54, 1.807) is 0 Å². The number of nitrogens with one attached hydrogen (secondary N) is 2. The predicted octanol–water partition coefficient (Wildman–Crippen LogP) is 1.52. The van der Waals surface area contributed by atoms with Gasteiger partial charge in [0.2, 0.25) is 5.91 Å². The maximum Gasteiger partial charge on any atom is 0.221 e. The van der Waals surface area contributed by atoms with Gasteiger partial charge in [-0.1, -0.05) is 30.3 Å². The SMILES string of the molecule is O=C(CC1CCCN1)NC1CCN(Cc2ccccc2)C1. The molecule has 2 heterocycles. The number of benzene rings is 1. The molecule has 1 aromatic rings. The number of hydrogen-bond donors (Lipinski definition) is 2. The number of amides is 1. The van der Waals surface area contributed by atoms with E-state index in [0.29, 0.717) is 18.5 Å². The lowest BCUT2D eigenvalue weighted by molar-refractivity contribution is -0.122. The van der Waals surface area contributed by atoms with Gasteiger partial charge in [-0.05, 0) is 31.4 Å². The third-order valence-corrected chi connectivity index (χ3v) is 4.48. The average molecular weight is 287 g/mol. The summed E-state index contributed by atoms with van der Waals surface area (Å²) in [7, 11) is 0. The lowest BCUT2D eigenvalue weighted by atomic mass is 10.1. The maximum absolute atomic E-state index is 12.1. The summed E-state index contributed by atoms with van der Waals surface area (Å²) >= 11 is 0. The van der Waals surface area contributed by atoms with Crippen LogP contribution in [0, 0.1) is 0 Å². The minimum Gasteiger partial charge on any atom is -0.352 e. The highest BCUT2D eigenvalue weighted by molar-refractivity contribution is 5.77. The molecule has 2 N–H and O–H groups in total. The molecule has 0 bridgehead atoms. The molecule has 2 unspecified atom stereocenters. The number of nitrogens with zero attached hydrogens (tertiary/aromatic N) is 1. The monoisotopic (exact) mass is 287 g/mol. The van der Waals surface area contributed by atoms with Crippen LogP contribution in [0.4, 0.5) is 0 Å². The zero-order valence-corrected chi connectivity index (χ0v) is 12.6. The van der Waals surface area contributed by atoms with Crippen LogP contribution in [-0.2, 0) is 11.3 Å². The summed E-state index contributed by atoms with van der Waals surface area (Å²) in [4.78, 5) is 14.5. The first-order valence-corrected chi connectivity index (χ1v) is 8.08. The van der Waals surface area contributed by atoms with Crippen molar-refractivity contribution < 1.29 is 4.79 Å². The fraction of sp³-hybridized carbons (Fsp3) is 0.588. The van der Waals surface area contributed by atoms with Gasteiger partial charge in [-0.15, -0.1) is 0 Å². The Morgan fingerprint density at radius 1 is 1.29 bits per heavy atom. The molecular formula is C17H25N3O. The number of carbonyl (C=O) groups excluding carboxylic acids is 1. The quantitative estimate of drug-likeness (QED) is 0.863. The van der Waals surface area contributed by atoms with Crippen LogP contribution in [0.2, 0.25) is 0 Å². The highest BCUT2D eigenvalue weighted by Gasteiger charge is 2.25. The number of hydrogen-bond acceptors (Lipinski definition) is 3. The first-order valence-electron chi connectivity index (χ1n) is 8.08. The molecule has 1 aromatic carbocycles. The van der Waals surface area contributed by atoms with Gasteiger partial charge in [0, 0.05) is 38.1 Å². The van der Waals surface area contributed by atoms with E-state index >= 15 is 0 Å². The molecule has 0 aliphatic carbocycles. The van der Waals surface area contributed by atoms with Crippen molar-refractivity contribution in [1.29, 1.82) is 0 Å². The Bertz CT molecular complexity index is 456. The average Bonchev–Trinajstić information content (AvgIpc) is 3.12. The molecule has 1 amide bonds. The van der Waals surface area contributed by atoms with Gasteiger partial charge >= 0.3 is 0 Å². The molecule has 3 rings (SSSR count). The van der Waals surface area contributed by atoms with Gasteiger partial charge in [-0.3, -0.25) is 9.69 Å². The van der Waals surface area contributed by atoms with Gasteiger partial charge in [-0.2, -0.15) is 0 Å². The van der Waals surface area contributed by atoms with E-state index in [4.69, 9.17) is 0 Å². The molecule has 0 aromatic heterocycles. The van der Waals surface area contributed by atoms with Gasteiger partial charge in [0.15, 0.2) is 0 Å². The number of carbonyl (C=O) groups is 1. The number of likely N-dealkylation sites (tertiary alicyclic amines) is 1. The van der Waals surface area contributed by atoms with Crippen LogP contribution in [0.25, 0.3) is 0 Å². The van der Waals surface area contributed by atoms with Crippen molar-refractivity contribution >= 4 is 5.91 Å². The van der Waals surface area contributed by atoms with E-state index in [1.807, 2.05) is 6.07 Å². The van der Waals surface area contributed by atoms with Crippen molar-refractivity contribution in [3.8, 4) is 0 Å². The van der Waals surface area contributed by atoms with Crippen LogP contribution in [0.3, 0.4) is 0 Å². The van der Waals surface area contributed by atoms with E-state index in [0.717, 1.165) is 39.0 Å². The predicted molar refractivity (Wildman–Crippen MR) is 83.9 cm³/mol. The first kappa shape index (κ1) is 14.5. The van der Waals surface area contributed by atoms with Crippen molar-refractivity contribution in [3.05, 3.63) is 35.9 Å². The molecule has 4 nitrogen and oxygen atoms in total. The molecule has 2 fully saturated rings. The van der Waals surface area contributed by atoms with E-state index in [-0.39, 0.29) is 5.91 Å². The summed E-state index contributed by atoms with van der Waals surface area (Å²) < 4.78 is 0. The minimum atomic E-state index is 0.209. The first-order chi connectivity index (χ1) is 10.3. The van der Waals surface area contributed by atoms with Crippen molar-refractivity contribution in [2.24, 2.45) is 0 Å². The summed E-state index contributed by atoms with van der Waals surface area (Å²) in [5, 5.41) is 6.58. The second kappa shape index (κ2) is 7.05. The fourth-order valence-electron chi connectivity index (χ4n) is 3.38. The molecule has 2 atom stereocenters. The molecule has 21 heavy (non-hydrogen) atoms.